The average molecular weight is 358 g/mol. The molecule has 0 radical (unpaired) electrons. The maximum Gasteiger partial charge on any atom is 0.348 e. The van der Waals surface area contributed by atoms with Gasteiger partial charge in [0, 0.05) is 12.1 Å². The van der Waals surface area contributed by atoms with E-state index in [0.29, 0.717) is 39.6 Å². The summed E-state index contributed by atoms with van der Waals surface area (Å²) in [6.45, 7) is 6.37. The van der Waals surface area contributed by atoms with Gasteiger partial charge in [-0.25, -0.2) is 9.78 Å². The van der Waals surface area contributed by atoms with E-state index in [9.17, 15) is 9.59 Å². The number of carbonyl (C=O) groups excluding carboxylic acids is 1. The molecule has 6 nitrogen and oxygen atoms in total. The molecule has 0 aliphatic rings. The summed E-state index contributed by atoms with van der Waals surface area (Å²) in [6, 6.07) is 4.09. The summed E-state index contributed by atoms with van der Waals surface area (Å²) in [6.07, 6.45) is 4.91. The Bertz CT molecular complexity index is 974. The number of hydrogen-bond acceptors (Lipinski definition) is 5. The van der Waals surface area contributed by atoms with Crippen molar-refractivity contribution < 1.29 is 14.1 Å². The zero-order chi connectivity index (χ0) is 18.0. The Morgan fingerprint density at radius 3 is 2.68 bits per heavy atom. The van der Waals surface area contributed by atoms with E-state index in [-0.39, 0.29) is 5.56 Å². The van der Waals surface area contributed by atoms with Crippen LogP contribution in [-0.2, 0) is 17.7 Å². The molecule has 3 aromatic heterocycles. The number of esters is 1. The van der Waals surface area contributed by atoms with Crippen molar-refractivity contribution in [1.82, 2.24) is 9.97 Å². The third-order valence-corrected chi connectivity index (χ3v) is 5.18. The van der Waals surface area contributed by atoms with Gasteiger partial charge in [-0.3, -0.25) is 4.79 Å². The second kappa shape index (κ2) is 7.14. The van der Waals surface area contributed by atoms with Crippen LogP contribution in [0.3, 0.4) is 0 Å². The SMILES string of the molecule is CCOC(=O)c1sc2nc(C[n+]3ccc(CC)cc3)[nH]c(=O)c2c1C. The lowest BCUT2D eigenvalue weighted by atomic mass is 10.2. The molecular formula is C18H20N3O3S+. The Kier molecular flexibility index (Phi) is 4.94. The molecule has 0 aliphatic carbocycles. The fraction of sp³-hybridized carbons (Fsp3) is 0.333. The van der Waals surface area contributed by atoms with E-state index >= 15 is 0 Å². The highest BCUT2D eigenvalue weighted by Gasteiger charge is 2.20. The number of rotatable bonds is 5. The highest BCUT2D eigenvalue weighted by atomic mass is 32.1. The molecule has 1 N–H and O–H groups in total. The van der Waals surface area contributed by atoms with Gasteiger partial charge in [0.25, 0.3) is 5.56 Å². The van der Waals surface area contributed by atoms with E-state index in [4.69, 9.17) is 4.74 Å². The molecule has 0 aromatic carbocycles. The minimum atomic E-state index is -0.409. The molecule has 130 valence electrons. The van der Waals surface area contributed by atoms with Gasteiger partial charge >= 0.3 is 5.97 Å². The number of thiophene rings is 1. The van der Waals surface area contributed by atoms with Crippen molar-refractivity contribution in [1.29, 1.82) is 0 Å². The normalized spacial score (nSPS) is 11.0. The van der Waals surface area contributed by atoms with E-state index in [1.807, 2.05) is 29.1 Å². The quantitative estimate of drug-likeness (QED) is 0.561. The smallest absolute Gasteiger partial charge is 0.348 e. The molecule has 0 spiro atoms. The summed E-state index contributed by atoms with van der Waals surface area (Å²) in [7, 11) is 0. The number of nitrogens with zero attached hydrogens (tertiary/aromatic N) is 2. The van der Waals surface area contributed by atoms with Gasteiger partial charge in [-0.2, -0.15) is 4.57 Å². The Hall–Kier alpha value is -2.54. The molecule has 0 aliphatic heterocycles. The molecule has 3 heterocycles. The lowest BCUT2D eigenvalue weighted by molar-refractivity contribution is -0.689. The van der Waals surface area contributed by atoms with Gasteiger partial charge in [0.15, 0.2) is 18.2 Å². The first kappa shape index (κ1) is 17.3. The highest BCUT2D eigenvalue weighted by molar-refractivity contribution is 7.20. The largest absolute Gasteiger partial charge is 0.462 e. The fourth-order valence-electron chi connectivity index (χ4n) is 2.66. The van der Waals surface area contributed by atoms with Gasteiger partial charge in [-0.05, 0) is 31.4 Å². The van der Waals surface area contributed by atoms with Crippen LogP contribution in [0.4, 0.5) is 0 Å². The summed E-state index contributed by atoms with van der Waals surface area (Å²) in [5, 5.41) is 0.461. The Morgan fingerprint density at radius 2 is 2.04 bits per heavy atom. The van der Waals surface area contributed by atoms with Gasteiger partial charge in [0.2, 0.25) is 6.54 Å². The topological polar surface area (TPSA) is 75.9 Å². The summed E-state index contributed by atoms with van der Waals surface area (Å²) >= 11 is 1.20. The van der Waals surface area contributed by atoms with Crippen molar-refractivity contribution in [2.75, 3.05) is 6.61 Å². The zero-order valence-electron chi connectivity index (χ0n) is 14.5. The van der Waals surface area contributed by atoms with Crippen LogP contribution < -0.4 is 10.1 Å². The predicted octanol–water partition coefficient (Wildman–Crippen LogP) is 2.37. The average Bonchev–Trinajstić information content (AvgIpc) is 2.93. The maximum atomic E-state index is 12.5. The van der Waals surface area contributed by atoms with Crippen molar-refractivity contribution in [3.05, 3.63) is 56.7 Å². The van der Waals surface area contributed by atoms with E-state index in [2.05, 4.69) is 16.9 Å². The number of aryl methyl sites for hydroxylation is 2. The molecule has 3 aromatic rings. The lowest BCUT2D eigenvalue weighted by Crippen LogP contribution is -2.35. The first-order chi connectivity index (χ1) is 12.0. The molecule has 0 fully saturated rings. The number of nitrogens with one attached hydrogen (secondary N) is 1. The standard InChI is InChI=1S/C18H19N3O3S/c1-4-12-6-8-21(9-7-12)10-13-19-16(22)14-11(3)15(18(23)24-5-2)25-17(14)20-13/h6-9H,4-5,10H2,1-3H3/p+1. The Morgan fingerprint density at radius 1 is 1.32 bits per heavy atom. The molecule has 3 rings (SSSR count). The minimum Gasteiger partial charge on any atom is -0.462 e. The lowest BCUT2D eigenvalue weighted by Gasteiger charge is -1.99. The Balaban J connectivity index is 1.98. The van der Waals surface area contributed by atoms with Crippen molar-refractivity contribution in [3.63, 3.8) is 0 Å². The van der Waals surface area contributed by atoms with E-state index in [0.717, 1.165) is 6.42 Å². The third-order valence-electron chi connectivity index (χ3n) is 4.01. The second-order valence-corrected chi connectivity index (χ2v) is 6.70. The van der Waals surface area contributed by atoms with Crippen LogP contribution in [0, 0.1) is 6.92 Å². The molecule has 0 saturated carbocycles. The van der Waals surface area contributed by atoms with Crippen LogP contribution >= 0.6 is 11.3 Å². The first-order valence-corrected chi connectivity index (χ1v) is 9.02. The zero-order valence-corrected chi connectivity index (χ0v) is 15.3. The predicted molar refractivity (Wildman–Crippen MR) is 96.1 cm³/mol. The molecule has 0 amide bonds. The summed E-state index contributed by atoms with van der Waals surface area (Å²) in [4.78, 5) is 32.8. The molecule has 0 saturated heterocycles. The summed E-state index contributed by atoms with van der Waals surface area (Å²) < 4.78 is 7.01. The van der Waals surface area contributed by atoms with Crippen molar-refractivity contribution in [2.24, 2.45) is 0 Å². The van der Waals surface area contributed by atoms with E-state index in [1.54, 1.807) is 13.8 Å². The molecule has 0 atom stereocenters. The maximum absolute atomic E-state index is 12.5. The molecule has 25 heavy (non-hydrogen) atoms. The number of aromatic nitrogens is 3. The number of aromatic amines is 1. The number of ether oxygens (including phenoxy) is 1. The van der Waals surface area contributed by atoms with Crippen molar-refractivity contribution in [3.8, 4) is 0 Å². The van der Waals surface area contributed by atoms with Crippen LogP contribution in [0.25, 0.3) is 10.2 Å². The van der Waals surface area contributed by atoms with Crippen LogP contribution in [0.2, 0.25) is 0 Å². The van der Waals surface area contributed by atoms with Crippen LogP contribution in [0.1, 0.15) is 40.5 Å². The van der Waals surface area contributed by atoms with Crippen LogP contribution in [0.5, 0.6) is 0 Å². The monoisotopic (exact) mass is 358 g/mol. The fourth-order valence-corrected chi connectivity index (χ4v) is 3.75. The summed E-state index contributed by atoms with van der Waals surface area (Å²) in [5.41, 5.74) is 1.65. The molecule has 0 bridgehead atoms. The highest BCUT2D eigenvalue weighted by Crippen LogP contribution is 2.27. The van der Waals surface area contributed by atoms with Crippen LogP contribution in [-0.4, -0.2) is 22.5 Å². The number of H-pyrrole nitrogens is 1. The van der Waals surface area contributed by atoms with Gasteiger partial charge < -0.3 is 9.72 Å². The van der Waals surface area contributed by atoms with Gasteiger partial charge in [0.05, 0.1) is 12.0 Å². The summed E-state index contributed by atoms with van der Waals surface area (Å²) in [5.74, 6) is 0.150. The molecule has 0 unspecified atom stereocenters. The molecular weight excluding hydrogens is 338 g/mol. The number of fused-ring (bicyclic) bond motifs is 1. The minimum absolute atomic E-state index is 0.227. The third kappa shape index (κ3) is 3.46. The van der Waals surface area contributed by atoms with Crippen molar-refractivity contribution >= 4 is 27.5 Å². The van der Waals surface area contributed by atoms with E-state index in [1.165, 1.54) is 16.9 Å². The second-order valence-electron chi connectivity index (χ2n) is 5.70. The number of carbonyl (C=O) groups is 1. The van der Waals surface area contributed by atoms with E-state index < -0.39 is 5.97 Å². The number of hydrogen-bond donors (Lipinski definition) is 1. The molecule has 7 heteroatoms. The van der Waals surface area contributed by atoms with Crippen molar-refractivity contribution in [2.45, 2.75) is 33.7 Å². The number of pyridine rings is 1. The Labute approximate surface area is 149 Å². The van der Waals surface area contributed by atoms with Crippen LogP contribution in [0.15, 0.2) is 29.3 Å². The van der Waals surface area contributed by atoms with Gasteiger partial charge in [-0.1, -0.05) is 6.92 Å². The van der Waals surface area contributed by atoms with Gasteiger partial charge in [0.1, 0.15) is 9.71 Å². The van der Waals surface area contributed by atoms with Gasteiger partial charge in [-0.15, -0.1) is 11.3 Å². The first-order valence-electron chi connectivity index (χ1n) is 8.20.